The number of thioether (sulfide) groups is 1. The molecular weight excluding hydrogens is 220 g/mol. The summed E-state index contributed by atoms with van der Waals surface area (Å²) in [5, 5.41) is 4.36. The van der Waals surface area contributed by atoms with Crippen LogP contribution in [-0.4, -0.2) is 23.3 Å². The third-order valence-electron chi connectivity index (χ3n) is 2.83. The van der Waals surface area contributed by atoms with Gasteiger partial charge in [0.1, 0.15) is 5.76 Å². The van der Waals surface area contributed by atoms with Gasteiger partial charge in [-0.2, -0.15) is 0 Å². The van der Waals surface area contributed by atoms with Crippen LogP contribution in [0.4, 0.5) is 0 Å². The molecule has 1 aromatic rings. The van der Waals surface area contributed by atoms with E-state index in [0.29, 0.717) is 5.92 Å². The van der Waals surface area contributed by atoms with E-state index in [1.807, 2.05) is 13.8 Å². The van der Waals surface area contributed by atoms with Crippen LogP contribution < -0.4 is 5.32 Å². The molecule has 1 fully saturated rings. The standard InChI is InChI=1S/C12H20N2OS/c1-8(6-13-11-4-5-11)7-16-12-14-9(2)10(3)15-12/h8,11,13H,4-7H2,1-3H3. The summed E-state index contributed by atoms with van der Waals surface area (Å²) in [6, 6.07) is 0.804. The molecule has 4 heteroatoms. The van der Waals surface area contributed by atoms with Crippen LogP contribution in [0.15, 0.2) is 9.64 Å². The Kier molecular flexibility index (Phi) is 3.92. The molecule has 16 heavy (non-hydrogen) atoms. The molecular formula is C12H20N2OS. The van der Waals surface area contributed by atoms with Crippen molar-refractivity contribution >= 4 is 11.8 Å². The third kappa shape index (κ3) is 3.52. The number of aromatic nitrogens is 1. The van der Waals surface area contributed by atoms with Gasteiger partial charge in [-0.1, -0.05) is 18.7 Å². The number of nitrogens with one attached hydrogen (secondary N) is 1. The van der Waals surface area contributed by atoms with Gasteiger partial charge in [0.25, 0.3) is 5.22 Å². The molecule has 1 atom stereocenters. The molecule has 0 aromatic carbocycles. The van der Waals surface area contributed by atoms with E-state index in [1.54, 1.807) is 11.8 Å². The summed E-state index contributed by atoms with van der Waals surface area (Å²) in [5.41, 5.74) is 1.01. The van der Waals surface area contributed by atoms with Gasteiger partial charge in [-0.05, 0) is 39.2 Å². The van der Waals surface area contributed by atoms with Gasteiger partial charge >= 0.3 is 0 Å². The molecule has 1 aliphatic carbocycles. The van der Waals surface area contributed by atoms with Crippen molar-refractivity contribution in [2.24, 2.45) is 5.92 Å². The van der Waals surface area contributed by atoms with E-state index in [4.69, 9.17) is 4.42 Å². The summed E-state index contributed by atoms with van der Waals surface area (Å²) in [7, 11) is 0. The average molecular weight is 240 g/mol. The monoisotopic (exact) mass is 240 g/mol. The predicted molar refractivity (Wildman–Crippen MR) is 66.9 cm³/mol. The molecule has 3 nitrogen and oxygen atoms in total. The van der Waals surface area contributed by atoms with Crippen LogP contribution in [0.5, 0.6) is 0 Å². The highest BCUT2D eigenvalue weighted by Crippen LogP contribution is 2.23. The first kappa shape index (κ1) is 12.0. The Morgan fingerprint density at radius 3 is 2.81 bits per heavy atom. The van der Waals surface area contributed by atoms with Gasteiger partial charge in [0.15, 0.2) is 0 Å². The van der Waals surface area contributed by atoms with Crippen LogP contribution in [0.2, 0.25) is 0 Å². The molecule has 0 radical (unpaired) electrons. The van der Waals surface area contributed by atoms with Crippen molar-refractivity contribution in [3.05, 3.63) is 11.5 Å². The lowest BCUT2D eigenvalue weighted by Gasteiger charge is -2.10. The lowest BCUT2D eigenvalue weighted by atomic mass is 10.2. The highest BCUT2D eigenvalue weighted by molar-refractivity contribution is 7.99. The van der Waals surface area contributed by atoms with Gasteiger partial charge in [-0.15, -0.1) is 0 Å². The molecule has 1 aromatic heterocycles. The number of nitrogens with zero attached hydrogens (tertiary/aromatic N) is 1. The van der Waals surface area contributed by atoms with Gasteiger partial charge in [-0.25, -0.2) is 4.98 Å². The minimum atomic E-state index is 0.665. The molecule has 2 rings (SSSR count). The van der Waals surface area contributed by atoms with E-state index >= 15 is 0 Å². The van der Waals surface area contributed by atoms with Crippen molar-refractivity contribution in [3.63, 3.8) is 0 Å². The smallest absolute Gasteiger partial charge is 0.256 e. The normalized spacial score (nSPS) is 17.7. The van der Waals surface area contributed by atoms with Crippen LogP contribution in [0, 0.1) is 19.8 Å². The first-order valence-corrected chi connectivity index (χ1v) is 6.94. The van der Waals surface area contributed by atoms with Crippen molar-refractivity contribution in [2.45, 2.75) is 44.9 Å². The van der Waals surface area contributed by atoms with E-state index < -0.39 is 0 Å². The molecule has 1 aliphatic rings. The Morgan fingerprint density at radius 2 is 2.25 bits per heavy atom. The lowest BCUT2D eigenvalue weighted by Crippen LogP contribution is -2.24. The lowest BCUT2D eigenvalue weighted by molar-refractivity contribution is 0.430. The fourth-order valence-electron chi connectivity index (χ4n) is 1.43. The van der Waals surface area contributed by atoms with Crippen LogP contribution in [-0.2, 0) is 0 Å². The first-order valence-electron chi connectivity index (χ1n) is 5.95. The van der Waals surface area contributed by atoms with Crippen molar-refractivity contribution in [1.82, 2.24) is 10.3 Å². The highest BCUT2D eigenvalue weighted by atomic mass is 32.2. The van der Waals surface area contributed by atoms with E-state index in [0.717, 1.165) is 35.0 Å². The van der Waals surface area contributed by atoms with Crippen molar-refractivity contribution in [2.75, 3.05) is 12.3 Å². The second-order valence-electron chi connectivity index (χ2n) is 4.72. The van der Waals surface area contributed by atoms with Crippen LogP contribution in [0.25, 0.3) is 0 Å². The Bertz CT molecular complexity index is 327. The molecule has 0 aliphatic heterocycles. The van der Waals surface area contributed by atoms with Gasteiger partial charge in [0.05, 0.1) is 5.69 Å². The largest absolute Gasteiger partial charge is 0.437 e. The number of oxazole rings is 1. The van der Waals surface area contributed by atoms with Crippen LogP contribution >= 0.6 is 11.8 Å². The molecule has 0 bridgehead atoms. The van der Waals surface area contributed by atoms with Crippen LogP contribution in [0.3, 0.4) is 0 Å². The number of hydrogen-bond acceptors (Lipinski definition) is 4. The molecule has 1 saturated carbocycles. The highest BCUT2D eigenvalue weighted by Gasteiger charge is 2.21. The van der Waals surface area contributed by atoms with E-state index in [2.05, 4.69) is 17.2 Å². The van der Waals surface area contributed by atoms with E-state index in [9.17, 15) is 0 Å². The van der Waals surface area contributed by atoms with Crippen LogP contribution in [0.1, 0.15) is 31.2 Å². The summed E-state index contributed by atoms with van der Waals surface area (Å²) < 4.78 is 5.53. The van der Waals surface area contributed by atoms with E-state index in [1.165, 1.54) is 12.8 Å². The molecule has 0 amide bonds. The zero-order valence-electron chi connectivity index (χ0n) is 10.2. The summed E-state index contributed by atoms with van der Waals surface area (Å²) in [4.78, 5) is 4.37. The zero-order chi connectivity index (χ0) is 11.5. The predicted octanol–water partition coefficient (Wildman–Crippen LogP) is 2.77. The minimum absolute atomic E-state index is 0.665. The van der Waals surface area contributed by atoms with Crippen molar-refractivity contribution < 1.29 is 4.42 Å². The quantitative estimate of drug-likeness (QED) is 0.776. The molecule has 90 valence electrons. The van der Waals surface area contributed by atoms with Gasteiger partial charge < -0.3 is 9.73 Å². The van der Waals surface area contributed by atoms with Crippen molar-refractivity contribution in [3.8, 4) is 0 Å². The summed E-state index contributed by atoms with van der Waals surface area (Å²) in [6.45, 7) is 7.33. The maximum atomic E-state index is 5.53. The third-order valence-corrected chi connectivity index (χ3v) is 3.99. The molecule has 0 saturated heterocycles. The Hall–Kier alpha value is -0.480. The maximum absolute atomic E-state index is 5.53. The Balaban J connectivity index is 1.68. The maximum Gasteiger partial charge on any atom is 0.256 e. The molecule has 1 N–H and O–H groups in total. The number of aryl methyl sites for hydroxylation is 2. The van der Waals surface area contributed by atoms with Crippen molar-refractivity contribution in [1.29, 1.82) is 0 Å². The summed E-state index contributed by atoms with van der Waals surface area (Å²) in [5.74, 6) is 2.67. The SMILES string of the molecule is Cc1nc(SCC(C)CNC2CC2)oc1C. The minimum Gasteiger partial charge on any atom is -0.437 e. The van der Waals surface area contributed by atoms with Gasteiger partial charge in [0, 0.05) is 11.8 Å². The second kappa shape index (κ2) is 5.23. The second-order valence-corrected chi connectivity index (χ2v) is 5.69. The topological polar surface area (TPSA) is 38.1 Å². The zero-order valence-corrected chi connectivity index (χ0v) is 11.1. The molecule has 0 spiro atoms. The molecule has 1 heterocycles. The van der Waals surface area contributed by atoms with Gasteiger partial charge in [-0.3, -0.25) is 0 Å². The number of rotatable bonds is 6. The van der Waals surface area contributed by atoms with E-state index in [-0.39, 0.29) is 0 Å². The summed E-state index contributed by atoms with van der Waals surface area (Å²) >= 11 is 1.72. The fourth-order valence-corrected chi connectivity index (χ4v) is 2.36. The Labute approximate surface area is 101 Å². The first-order chi connectivity index (χ1) is 7.65. The van der Waals surface area contributed by atoms with Gasteiger partial charge in [0.2, 0.25) is 0 Å². The molecule has 1 unspecified atom stereocenters. The summed E-state index contributed by atoms with van der Waals surface area (Å²) in [6.07, 6.45) is 2.72. The number of hydrogen-bond donors (Lipinski definition) is 1. The fraction of sp³-hybridized carbons (Fsp3) is 0.750. The average Bonchev–Trinajstić information content (AvgIpc) is 3.01. The Morgan fingerprint density at radius 1 is 1.50 bits per heavy atom.